The van der Waals surface area contributed by atoms with E-state index in [1.807, 2.05) is 6.20 Å². The molecular formula is C21H28ClN3O2. The highest BCUT2D eigenvalue weighted by atomic mass is 35.5. The maximum atomic E-state index is 6.03. The fourth-order valence-corrected chi connectivity index (χ4v) is 3.49. The molecule has 0 radical (unpaired) electrons. The molecule has 0 saturated heterocycles. The first kappa shape index (κ1) is 19.8. The normalized spacial score (nSPS) is 13.9. The lowest BCUT2D eigenvalue weighted by molar-refractivity contribution is 0.258. The Balaban J connectivity index is 0.00000210. The molecule has 2 heterocycles. The number of fused-ring (bicyclic) bond motifs is 3. The van der Waals surface area contributed by atoms with Gasteiger partial charge in [-0.2, -0.15) is 0 Å². The van der Waals surface area contributed by atoms with Crippen LogP contribution >= 0.6 is 12.4 Å². The van der Waals surface area contributed by atoms with Crippen molar-refractivity contribution in [3.8, 4) is 11.5 Å². The lowest BCUT2D eigenvalue weighted by atomic mass is 10.1. The topological polar surface area (TPSA) is 50.4 Å². The van der Waals surface area contributed by atoms with E-state index in [1.54, 1.807) is 7.11 Å². The summed E-state index contributed by atoms with van der Waals surface area (Å²) in [4.78, 5) is 10.5. The van der Waals surface area contributed by atoms with Gasteiger partial charge in [0.2, 0.25) is 0 Å². The monoisotopic (exact) mass is 389 g/mol. The Morgan fingerprint density at radius 2 is 2.04 bits per heavy atom. The van der Waals surface area contributed by atoms with Crippen LogP contribution in [-0.2, 0) is 0 Å². The number of pyridine rings is 1. The van der Waals surface area contributed by atoms with Crippen molar-refractivity contribution >= 4 is 34.2 Å². The van der Waals surface area contributed by atoms with Crippen LogP contribution in [0.5, 0.6) is 11.5 Å². The maximum absolute atomic E-state index is 6.03. The molecule has 0 spiro atoms. The van der Waals surface area contributed by atoms with Crippen LogP contribution < -0.4 is 9.47 Å². The summed E-state index contributed by atoms with van der Waals surface area (Å²) < 4.78 is 11.6. The smallest absolute Gasteiger partial charge is 0.163 e. The predicted octanol–water partition coefficient (Wildman–Crippen LogP) is 4.74. The van der Waals surface area contributed by atoms with Gasteiger partial charge in [0.25, 0.3) is 0 Å². The van der Waals surface area contributed by atoms with Gasteiger partial charge in [-0.1, -0.05) is 6.92 Å². The van der Waals surface area contributed by atoms with Crippen LogP contribution in [-0.4, -0.2) is 48.7 Å². The minimum absolute atomic E-state index is 0. The van der Waals surface area contributed by atoms with Gasteiger partial charge in [-0.15, -0.1) is 12.4 Å². The molecule has 3 aromatic rings. The molecule has 0 aliphatic heterocycles. The molecule has 1 aromatic carbocycles. The van der Waals surface area contributed by atoms with E-state index in [1.165, 1.54) is 29.3 Å². The van der Waals surface area contributed by atoms with Crippen LogP contribution in [0.3, 0.4) is 0 Å². The summed E-state index contributed by atoms with van der Waals surface area (Å²) >= 11 is 0. The molecule has 146 valence electrons. The van der Waals surface area contributed by atoms with E-state index in [9.17, 15) is 0 Å². The van der Waals surface area contributed by atoms with E-state index in [0.717, 1.165) is 42.0 Å². The number of H-pyrrole nitrogens is 1. The molecule has 1 fully saturated rings. The van der Waals surface area contributed by atoms with Crippen LogP contribution in [0.2, 0.25) is 0 Å². The Bertz CT molecular complexity index is 921. The number of aromatic amines is 1. The SMILES string of the molecule is CCN(C)CCCOc1cc2[nH]c3ccnc(C4CC4)c3c2cc1OC.Cl. The Labute approximate surface area is 166 Å². The van der Waals surface area contributed by atoms with Crippen molar-refractivity contribution < 1.29 is 9.47 Å². The van der Waals surface area contributed by atoms with Crippen molar-refractivity contribution in [3.63, 3.8) is 0 Å². The highest BCUT2D eigenvalue weighted by Crippen LogP contribution is 2.45. The van der Waals surface area contributed by atoms with Crippen molar-refractivity contribution in [2.24, 2.45) is 0 Å². The van der Waals surface area contributed by atoms with E-state index in [0.29, 0.717) is 12.5 Å². The third kappa shape index (κ3) is 3.99. The Hall–Kier alpha value is -1.98. The largest absolute Gasteiger partial charge is 0.493 e. The average molecular weight is 390 g/mol. The fourth-order valence-electron chi connectivity index (χ4n) is 3.49. The lowest BCUT2D eigenvalue weighted by Gasteiger charge is -2.15. The molecule has 6 heteroatoms. The third-order valence-corrected chi connectivity index (χ3v) is 5.27. The van der Waals surface area contributed by atoms with Gasteiger partial charge in [0.1, 0.15) is 0 Å². The number of hydrogen-bond donors (Lipinski definition) is 1. The van der Waals surface area contributed by atoms with Crippen LogP contribution in [0.4, 0.5) is 0 Å². The molecule has 1 aliphatic carbocycles. The number of hydrogen-bond acceptors (Lipinski definition) is 4. The zero-order valence-electron chi connectivity index (χ0n) is 16.2. The number of rotatable bonds is 8. The van der Waals surface area contributed by atoms with Gasteiger partial charge in [0.05, 0.1) is 24.9 Å². The number of halogens is 1. The molecule has 0 bridgehead atoms. The van der Waals surface area contributed by atoms with Crippen LogP contribution in [0.1, 0.15) is 37.8 Å². The van der Waals surface area contributed by atoms with Crippen LogP contribution in [0.15, 0.2) is 24.4 Å². The molecule has 1 aliphatic rings. The molecule has 0 amide bonds. The number of ether oxygens (including phenoxy) is 2. The van der Waals surface area contributed by atoms with Crippen LogP contribution in [0, 0.1) is 0 Å². The quantitative estimate of drug-likeness (QED) is 0.565. The van der Waals surface area contributed by atoms with Crippen molar-refractivity contribution in [3.05, 3.63) is 30.1 Å². The molecule has 1 N–H and O–H groups in total. The van der Waals surface area contributed by atoms with E-state index in [-0.39, 0.29) is 12.4 Å². The number of methoxy groups -OCH3 is 1. The zero-order chi connectivity index (χ0) is 18.1. The number of benzene rings is 1. The Morgan fingerprint density at radius 1 is 1.22 bits per heavy atom. The molecule has 2 aromatic heterocycles. The summed E-state index contributed by atoms with van der Waals surface area (Å²) in [6, 6.07) is 6.21. The Kier molecular flexibility index (Phi) is 6.12. The van der Waals surface area contributed by atoms with Gasteiger partial charge in [-0.3, -0.25) is 4.98 Å². The van der Waals surface area contributed by atoms with E-state index >= 15 is 0 Å². The highest BCUT2D eigenvalue weighted by Gasteiger charge is 2.28. The second-order valence-electron chi connectivity index (χ2n) is 7.16. The molecular weight excluding hydrogens is 362 g/mol. The van der Waals surface area contributed by atoms with Gasteiger partial charge in [-0.05, 0) is 45.0 Å². The summed E-state index contributed by atoms with van der Waals surface area (Å²) in [5, 5.41) is 2.41. The van der Waals surface area contributed by atoms with Gasteiger partial charge >= 0.3 is 0 Å². The fraction of sp³-hybridized carbons (Fsp3) is 0.476. The number of aromatic nitrogens is 2. The summed E-state index contributed by atoms with van der Waals surface area (Å²) in [6.45, 7) is 4.94. The minimum Gasteiger partial charge on any atom is -0.493 e. The van der Waals surface area contributed by atoms with Gasteiger partial charge in [0, 0.05) is 41.0 Å². The van der Waals surface area contributed by atoms with Crippen molar-refractivity contribution in [2.75, 3.05) is 33.9 Å². The first-order valence-electron chi connectivity index (χ1n) is 9.51. The van der Waals surface area contributed by atoms with Crippen molar-refractivity contribution in [2.45, 2.75) is 32.1 Å². The lowest BCUT2D eigenvalue weighted by Crippen LogP contribution is -2.20. The Morgan fingerprint density at radius 3 is 2.74 bits per heavy atom. The second-order valence-corrected chi connectivity index (χ2v) is 7.16. The second kappa shape index (κ2) is 8.36. The average Bonchev–Trinajstić information content (AvgIpc) is 3.44. The predicted molar refractivity (Wildman–Crippen MR) is 113 cm³/mol. The van der Waals surface area contributed by atoms with Gasteiger partial charge < -0.3 is 19.4 Å². The zero-order valence-corrected chi connectivity index (χ0v) is 17.1. The minimum atomic E-state index is 0. The summed E-state index contributed by atoms with van der Waals surface area (Å²) in [6.07, 6.45) is 5.38. The first-order chi connectivity index (χ1) is 12.7. The summed E-state index contributed by atoms with van der Waals surface area (Å²) in [5.41, 5.74) is 3.43. The van der Waals surface area contributed by atoms with E-state index in [4.69, 9.17) is 9.47 Å². The highest BCUT2D eigenvalue weighted by molar-refractivity contribution is 6.09. The first-order valence-corrected chi connectivity index (χ1v) is 9.51. The van der Waals surface area contributed by atoms with Crippen molar-refractivity contribution in [1.82, 2.24) is 14.9 Å². The summed E-state index contributed by atoms with van der Waals surface area (Å²) in [5.74, 6) is 2.19. The van der Waals surface area contributed by atoms with Gasteiger partial charge in [-0.25, -0.2) is 0 Å². The molecule has 0 atom stereocenters. The van der Waals surface area contributed by atoms with Crippen LogP contribution in [0.25, 0.3) is 21.8 Å². The summed E-state index contributed by atoms with van der Waals surface area (Å²) in [7, 11) is 3.83. The van der Waals surface area contributed by atoms with E-state index in [2.05, 4.69) is 47.0 Å². The molecule has 1 saturated carbocycles. The third-order valence-electron chi connectivity index (χ3n) is 5.27. The number of nitrogens with zero attached hydrogens (tertiary/aromatic N) is 2. The molecule has 27 heavy (non-hydrogen) atoms. The van der Waals surface area contributed by atoms with E-state index < -0.39 is 0 Å². The maximum Gasteiger partial charge on any atom is 0.163 e. The number of nitrogens with one attached hydrogen (secondary N) is 1. The molecule has 5 nitrogen and oxygen atoms in total. The molecule has 4 rings (SSSR count). The molecule has 0 unspecified atom stereocenters. The van der Waals surface area contributed by atoms with Gasteiger partial charge in [0.15, 0.2) is 11.5 Å². The standard InChI is InChI=1S/C21H27N3O2.ClH/c1-4-24(2)10-5-11-26-19-13-17-15(12-18(19)25-3)20-16(23-17)8-9-22-21(20)14-6-7-14;/h8-9,12-14,23H,4-7,10-11H2,1-3H3;1H. The van der Waals surface area contributed by atoms with Crippen molar-refractivity contribution in [1.29, 1.82) is 0 Å².